The van der Waals surface area contributed by atoms with Crippen molar-refractivity contribution in [3.63, 3.8) is 0 Å². The SMILES string of the molecule is CC1=C(C(=O)Nc2ccccc2C2CCCCCCC2)CCO1. The zero-order valence-electron chi connectivity index (χ0n) is 14.1. The lowest BCUT2D eigenvalue weighted by molar-refractivity contribution is -0.113. The second-order valence-corrected chi connectivity index (χ2v) is 6.72. The number of para-hydroxylation sites is 1. The summed E-state index contributed by atoms with van der Waals surface area (Å²) in [5.41, 5.74) is 3.08. The van der Waals surface area contributed by atoms with Crippen LogP contribution in [0.4, 0.5) is 5.69 Å². The lowest BCUT2D eigenvalue weighted by Crippen LogP contribution is -2.16. The van der Waals surface area contributed by atoms with Crippen molar-refractivity contribution in [3.05, 3.63) is 41.2 Å². The highest BCUT2D eigenvalue weighted by atomic mass is 16.5. The molecule has 0 unspecified atom stereocenters. The molecule has 1 heterocycles. The van der Waals surface area contributed by atoms with Crippen LogP contribution >= 0.6 is 0 Å². The number of allylic oxidation sites excluding steroid dienone is 1. The van der Waals surface area contributed by atoms with Crippen LogP contribution in [0.3, 0.4) is 0 Å². The molecular weight excluding hydrogens is 286 g/mol. The normalized spacial score (nSPS) is 19.9. The molecule has 0 bridgehead atoms. The van der Waals surface area contributed by atoms with Crippen molar-refractivity contribution >= 4 is 11.6 Å². The number of ether oxygens (including phenoxy) is 1. The number of nitrogens with one attached hydrogen (secondary N) is 1. The van der Waals surface area contributed by atoms with Crippen molar-refractivity contribution in [3.8, 4) is 0 Å². The first-order chi connectivity index (χ1) is 11.3. The largest absolute Gasteiger partial charge is 0.497 e. The predicted molar refractivity (Wildman–Crippen MR) is 93.4 cm³/mol. The molecule has 23 heavy (non-hydrogen) atoms. The summed E-state index contributed by atoms with van der Waals surface area (Å²) in [5, 5.41) is 3.14. The topological polar surface area (TPSA) is 38.3 Å². The third-order valence-electron chi connectivity index (χ3n) is 5.12. The Morgan fingerprint density at radius 3 is 2.48 bits per heavy atom. The Labute approximate surface area is 139 Å². The lowest BCUT2D eigenvalue weighted by Gasteiger charge is -2.23. The van der Waals surface area contributed by atoms with Gasteiger partial charge in [0, 0.05) is 12.1 Å². The number of hydrogen-bond acceptors (Lipinski definition) is 2. The molecule has 0 spiro atoms. The molecule has 1 N–H and O–H groups in total. The van der Waals surface area contributed by atoms with E-state index in [0.717, 1.165) is 17.0 Å². The minimum atomic E-state index is -0.00158. The number of benzene rings is 1. The minimum Gasteiger partial charge on any atom is -0.497 e. The quantitative estimate of drug-likeness (QED) is 0.838. The van der Waals surface area contributed by atoms with E-state index in [1.165, 1.54) is 50.5 Å². The molecule has 3 nitrogen and oxygen atoms in total. The van der Waals surface area contributed by atoms with Gasteiger partial charge in [0.1, 0.15) is 5.76 Å². The van der Waals surface area contributed by atoms with Crippen LogP contribution in [-0.4, -0.2) is 12.5 Å². The smallest absolute Gasteiger partial charge is 0.255 e. The monoisotopic (exact) mass is 313 g/mol. The third-order valence-corrected chi connectivity index (χ3v) is 5.12. The average molecular weight is 313 g/mol. The van der Waals surface area contributed by atoms with E-state index in [9.17, 15) is 4.79 Å². The molecule has 1 aliphatic carbocycles. The number of rotatable bonds is 3. The van der Waals surface area contributed by atoms with Gasteiger partial charge in [0.15, 0.2) is 0 Å². The molecule has 1 aliphatic heterocycles. The van der Waals surface area contributed by atoms with Gasteiger partial charge in [-0.25, -0.2) is 0 Å². The van der Waals surface area contributed by atoms with Crippen molar-refractivity contribution < 1.29 is 9.53 Å². The highest BCUT2D eigenvalue weighted by molar-refractivity contribution is 6.04. The van der Waals surface area contributed by atoms with Gasteiger partial charge in [0.05, 0.1) is 12.2 Å². The summed E-state index contributed by atoms with van der Waals surface area (Å²) in [7, 11) is 0. The van der Waals surface area contributed by atoms with Gasteiger partial charge in [0.25, 0.3) is 5.91 Å². The van der Waals surface area contributed by atoms with Crippen molar-refractivity contribution in [2.24, 2.45) is 0 Å². The second kappa shape index (κ2) is 7.67. The van der Waals surface area contributed by atoms with E-state index in [4.69, 9.17) is 4.74 Å². The first-order valence-corrected chi connectivity index (χ1v) is 8.98. The van der Waals surface area contributed by atoms with E-state index < -0.39 is 0 Å². The van der Waals surface area contributed by atoms with E-state index in [1.54, 1.807) is 0 Å². The molecule has 0 atom stereocenters. The fraction of sp³-hybridized carbons (Fsp3) is 0.550. The van der Waals surface area contributed by atoms with E-state index in [2.05, 4.69) is 17.4 Å². The van der Waals surface area contributed by atoms with Crippen molar-refractivity contribution in [2.45, 2.75) is 64.2 Å². The number of amides is 1. The Bertz CT molecular complexity index is 583. The summed E-state index contributed by atoms with van der Waals surface area (Å²) in [6, 6.07) is 8.33. The summed E-state index contributed by atoms with van der Waals surface area (Å²) in [5.74, 6) is 1.34. The van der Waals surface area contributed by atoms with Crippen LogP contribution in [0.1, 0.15) is 69.8 Å². The van der Waals surface area contributed by atoms with Crippen LogP contribution < -0.4 is 5.32 Å². The van der Waals surface area contributed by atoms with Crippen LogP contribution in [-0.2, 0) is 9.53 Å². The van der Waals surface area contributed by atoms with Crippen molar-refractivity contribution in [2.75, 3.05) is 11.9 Å². The van der Waals surface area contributed by atoms with Crippen LogP contribution in [0.15, 0.2) is 35.6 Å². The second-order valence-electron chi connectivity index (χ2n) is 6.72. The van der Waals surface area contributed by atoms with Gasteiger partial charge in [-0.05, 0) is 37.3 Å². The Balaban J connectivity index is 1.77. The Kier molecular flexibility index (Phi) is 5.37. The maximum absolute atomic E-state index is 12.5. The summed E-state index contributed by atoms with van der Waals surface area (Å²) < 4.78 is 5.42. The van der Waals surface area contributed by atoms with Gasteiger partial charge in [-0.1, -0.05) is 50.3 Å². The average Bonchev–Trinajstić information content (AvgIpc) is 2.94. The number of carbonyl (C=O) groups is 1. The summed E-state index contributed by atoms with van der Waals surface area (Å²) in [4.78, 5) is 12.5. The van der Waals surface area contributed by atoms with Gasteiger partial charge in [-0.15, -0.1) is 0 Å². The van der Waals surface area contributed by atoms with Crippen LogP contribution in [0, 0.1) is 0 Å². The summed E-state index contributed by atoms with van der Waals surface area (Å²) in [6.45, 7) is 2.50. The maximum atomic E-state index is 12.5. The number of carbonyl (C=O) groups excluding carboxylic acids is 1. The maximum Gasteiger partial charge on any atom is 0.255 e. The molecule has 3 rings (SSSR count). The summed E-state index contributed by atoms with van der Waals surface area (Å²) in [6.07, 6.45) is 9.83. The fourth-order valence-corrected chi connectivity index (χ4v) is 3.77. The highest BCUT2D eigenvalue weighted by Crippen LogP contribution is 2.35. The molecule has 124 valence electrons. The van der Waals surface area contributed by atoms with E-state index in [0.29, 0.717) is 18.9 Å². The molecule has 3 heteroatoms. The van der Waals surface area contributed by atoms with Gasteiger partial charge >= 0.3 is 0 Å². The minimum absolute atomic E-state index is 0.00158. The van der Waals surface area contributed by atoms with Crippen molar-refractivity contribution in [1.29, 1.82) is 0 Å². The standard InChI is InChI=1S/C20H27NO2/c1-15-17(13-14-23-15)20(22)21-19-12-8-7-11-18(19)16-9-5-3-2-4-6-10-16/h7-8,11-12,16H,2-6,9-10,13-14H2,1H3,(H,21,22). The molecule has 0 radical (unpaired) electrons. The lowest BCUT2D eigenvalue weighted by atomic mass is 9.85. The van der Waals surface area contributed by atoms with Crippen molar-refractivity contribution in [1.82, 2.24) is 0 Å². The van der Waals surface area contributed by atoms with Gasteiger partial charge in [0.2, 0.25) is 0 Å². The Hall–Kier alpha value is -1.77. The third kappa shape index (κ3) is 3.95. The van der Waals surface area contributed by atoms with Gasteiger partial charge < -0.3 is 10.1 Å². The van der Waals surface area contributed by atoms with E-state index >= 15 is 0 Å². The number of hydrogen-bond donors (Lipinski definition) is 1. The highest BCUT2D eigenvalue weighted by Gasteiger charge is 2.22. The molecule has 1 fully saturated rings. The Morgan fingerprint density at radius 1 is 1.09 bits per heavy atom. The number of anilines is 1. The van der Waals surface area contributed by atoms with Crippen LogP contribution in [0.5, 0.6) is 0 Å². The molecule has 1 aromatic carbocycles. The van der Waals surface area contributed by atoms with Gasteiger partial charge in [-0.3, -0.25) is 4.79 Å². The molecule has 0 aromatic heterocycles. The van der Waals surface area contributed by atoms with E-state index in [-0.39, 0.29) is 5.91 Å². The Morgan fingerprint density at radius 2 is 1.78 bits per heavy atom. The predicted octanol–water partition coefficient (Wildman–Crippen LogP) is 5.15. The molecule has 0 saturated heterocycles. The van der Waals surface area contributed by atoms with Crippen LogP contribution in [0.2, 0.25) is 0 Å². The zero-order chi connectivity index (χ0) is 16.1. The molecule has 2 aliphatic rings. The molecule has 1 saturated carbocycles. The molecule has 1 aromatic rings. The molecular formula is C20H27NO2. The van der Waals surface area contributed by atoms with Gasteiger partial charge in [-0.2, -0.15) is 0 Å². The zero-order valence-corrected chi connectivity index (χ0v) is 14.1. The summed E-state index contributed by atoms with van der Waals surface area (Å²) >= 11 is 0. The first-order valence-electron chi connectivity index (χ1n) is 8.98. The van der Waals surface area contributed by atoms with E-state index in [1.807, 2.05) is 19.1 Å². The van der Waals surface area contributed by atoms with Crippen LogP contribution in [0.25, 0.3) is 0 Å². The fourth-order valence-electron chi connectivity index (χ4n) is 3.77. The molecule has 1 amide bonds. The first kappa shape index (κ1) is 16.1.